The number of hydrogen-bond donors (Lipinski definition) is 1. The van der Waals surface area contributed by atoms with Gasteiger partial charge in [0.05, 0.1) is 6.54 Å². The van der Waals surface area contributed by atoms with Gasteiger partial charge in [-0.2, -0.15) is 0 Å². The molecule has 3 nitrogen and oxygen atoms in total. The molecule has 0 aromatic carbocycles. The summed E-state index contributed by atoms with van der Waals surface area (Å²) in [6.07, 6.45) is 1.10. The van der Waals surface area contributed by atoms with Gasteiger partial charge in [-0.3, -0.25) is 0 Å². The van der Waals surface area contributed by atoms with Crippen LogP contribution in [0, 0.1) is 6.92 Å². The summed E-state index contributed by atoms with van der Waals surface area (Å²) >= 11 is 1.85. The van der Waals surface area contributed by atoms with Crippen LogP contribution in [-0.2, 0) is 13.0 Å². The van der Waals surface area contributed by atoms with Crippen molar-refractivity contribution in [2.75, 3.05) is 5.32 Å². The van der Waals surface area contributed by atoms with E-state index in [2.05, 4.69) is 54.3 Å². The first-order valence-electron chi connectivity index (χ1n) is 6.75. The summed E-state index contributed by atoms with van der Waals surface area (Å²) in [7, 11) is 0. The van der Waals surface area contributed by atoms with Crippen molar-refractivity contribution in [3.05, 3.63) is 39.3 Å². The Morgan fingerprint density at radius 2 is 1.95 bits per heavy atom. The number of thiophene rings is 1. The van der Waals surface area contributed by atoms with Crippen molar-refractivity contribution in [2.24, 2.45) is 0 Å². The topological polar surface area (TPSA) is 37.8 Å². The van der Waals surface area contributed by atoms with Crippen molar-refractivity contribution >= 4 is 17.3 Å². The summed E-state index contributed by atoms with van der Waals surface area (Å²) in [6, 6.07) is 6.42. The van der Waals surface area contributed by atoms with Crippen molar-refractivity contribution in [1.82, 2.24) is 9.97 Å². The molecule has 2 heterocycles. The van der Waals surface area contributed by atoms with E-state index in [0.717, 1.165) is 30.3 Å². The van der Waals surface area contributed by atoms with Crippen molar-refractivity contribution < 1.29 is 0 Å². The summed E-state index contributed by atoms with van der Waals surface area (Å²) in [6.45, 7) is 9.29. The van der Waals surface area contributed by atoms with Gasteiger partial charge in [-0.1, -0.05) is 20.8 Å². The van der Waals surface area contributed by atoms with E-state index in [1.807, 2.05) is 18.3 Å². The molecule has 0 aliphatic rings. The molecule has 19 heavy (non-hydrogen) atoms. The van der Waals surface area contributed by atoms with Crippen LogP contribution in [0.4, 0.5) is 5.95 Å². The summed E-state index contributed by atoms with van der Waals surface area (Å²) in [4.78, 5) is 11.7. The molecule has 0 bridgehead atoms. The molecule has 0 amide bonds. The lowest BCUT2D eigenvalue weighted by molar-refractivity contribution is 0.808. The lowest BCUT2D eigenvalue weighted by atomic mass is 10.1. The van der Waals surface area contributed by atoms with Crippen LogP contribution in [0.5, 0.6) is 0 Å². The van der Waals surface area contributed by atoms with Crippen molar-refractivity contribution in [2.45, 2.75) is 46.6 Å². The third kappa shape index (κ3) is 3.77. The first kappa shape index (κ1) is 14.0. The molecular formula is C15H21N3S. The highest BCUT2D eigenvalue weighted by Crippen LogP contribution is 2.19. The minimum atomic E-state index is 0.427. The molecule has 0 fully saturated rings. The van der Waals surface area contributed by atoms with Crippen LogP contribution in [0.2, 0.25) is 0 Å². The minimum absolute atomic E-state index is 0.427. The van der Waals surface area contributed by atoms with Crippen molar-refractivity contribution in [3.63, 3.8) is 0 Å². The standard InChI is InChI=1S/C15H21N3S/c1-5-12-6-7-13(19-12)9-16-15-17-11(4)8-14(18-15)10(2)3/h6-8,10H,5,9H2,1-4H3,(H,16,17,18). The highest BCUT2D eigenvalue weighted by molar-refractivity contribution is 7.12. The second-order valence-corrected chi connectivity index (χ2v) is 6.24. The Morgan fingerprint density at radius 1 is 1.21 bits per heavy atom. The molecule has 0 unspecified atom stereocenters. The Hall–Kier alpha value is -1.42. The molecule has 102 valence electrons. The average molecular weight is 275 g/mol. The Balaban J connectivity index is 2.06. The molecule has 0 aliphatic heterocycles. The van der Waals surface area contributed by atoms with Crippen LogP contribution in [0.3, 0.4) is 0 Å². The van der Waals surface area contributed by atoms with Crippen molar-refractivity contribution in [1.29, 1.82) is 0 Å². The van der Waals surface area contributed by atoms with Crippen LogP contribution in [0.15, 0.2) is 18.2 Å². The largest absolute Gasteiger partial charge is 0.349 e. The Bertz CT molecular complexity index is 546. The monoisotopic (exact) mass is 275 g/mol. The number of aryl methyl sites for hydroxylation is 2. The van der Waals surface area contributed by atoms with Gasteiger partial charge in [0.1, 0.15) is 0 Å². The third-order valence-corrected chi connectivity index (χ3v) is 4.18. The third-order valence-electron chi connectivity index (χ3n) is 2.95. The van der Waals surface area contributed by atoms with Crippen LogP contribution < -0.4 is 5.32 Å². The van der Waals surface area contributed by atoms with Crippen LogP contribution in [0.1, 0.15) is 47.8 Å². The predicted molar refractivity (Wildman–Crippen MR) is 81.9 cm³/mol. The molecular weight excluding hydrogens is 254 g/mol. The SMILES string of the molecule is CCc1ccc(CNc2nc(C)cc(C(C)C)n2)s1. The highest BCUT2D eigenvalue weighted by atomic mass is 32.1. The maximum atomic E-state index is 4.56. The molecule has 4 heteroatoms. The molecule has 0 radical (unpaired) electrons. The van der Waals surface area contributed by atoms with Crippen molar-refractivity contribution in [3.8, 4) is 0 Å². The van der Waals surface area contributed by atoms with Crippen LogP contribution in [0.25, 0.3) is 0 Å². The van der Waals surface area contributed by atoms with Gasteiger partial charge in [-0.05, 0) is 37.5 Å². The maximum absolute atomic E-state index is 4.56. The molecule has 0 saturated heterocycles. The van der Waals surface area contributed by atoms with E-state index in [4.69, 9.17) is 0 Å². The summed E-state index contributed by atoms with van der Waals surface area (Å²) < 4.78 is 0. The first-order chi connectivity index (χ1) is 9.08. The molecule has 2 rings (SSSR count). The van der Waals surface area contributed by atoms with Gasteiger partial charge in [-0.25, -0.2) is 9.97 Å². The van der Waals surface area contributed by atoms with E-state index in [-0.39, 0.29) is 0 Å². The van der Waals surface area contributed by atoms with Gasteiger partial charge >= 0.3 is 0 Å². The second kappa shape index (κ2) is 6.15. The fourth-order valence-corrected chi connectivity index (χ4v) is 2.74. The molecule has 0 spiro atoms. The molecule has 0 atom stereocenters. The van der Waals surface area contributed by atoms with Crippen LogP contribution in [-0.4, -0.2) is 9.97 Å². The Morgan fingerprint density at radius 3 is 2.58 bits per heavy atom. The number of hydrogen-bond acceptors (Lipinski definition) is 4. The number of rotatable bonds is 5. The van der Waals surface area contributed by atoms with E-state index in [9.17, 15) is 0 Å². The minimum Gasteiger partial charge on any atom is -0.349 e. The normalized spacial score (nSPS) is 11.0. The lowest BCUT2D eigenvalue weighted by Gasteiger charge is -2.09. The zero-order chi connectivity index (χ0) is 13.8. The fourth-order valence-electron chi connectivity index (χ4n) is 1.84. The van der Waals surface area contributed by atoms with E-state index in [1.165, 1.54) is 9.75 Å². The predicted octanol–water partition coefficient (Wildman–Crippen LogP) is 4.14. The summed E-state index contributed by atoms with van der Waals surface area (Å²) in [5, 5.41) is 3.32. The molecule has 0 saturated carbocycles. The molecule has 2 aromatic heterocycles. The van der Waals surface area contributed by atoms with Crippen LogP contribution >= 0.6 is 11.3 Å². The van der Waals surface area contributed by atoms with Gasteiger partial charge in [0.2, 0.25) is 5.95 Å². The fraction of sp³-hybridized carbons (Fsp3) is 0.467. The van der Waals surface area contributed by atoms with Gasteiger partial charge in [0.25, 0.3) is 0 Å². The molecule has 1 N–H and O–H groups in total. The average Bonchev–Trinajstić information content (AvgIpc) is 2.83. The van der Waals surface area contributed by atoms with Gasteiger partial charge in [-0.15, -0.1) is 11.3 Å². The summed E-state index contributed by atoms with van der Waals surface area (Å²) in [5.41, 5.74) is 2.11. The zero-order valence-electron chi connectivity index (χ0n) is 12.0. The second-order valence-electron chi connectivity index (χ2n) is 4.99. The lowest BCUT2D eigenvalue weighted by Crippen LogP contribution is -2.06. The summed E-state index contributed by atoms with van der Waals surface area (Å²) in [5.74, 6) is 1.16. The Labute approximate surface area is 119 Å². The van der Waals surface area contributed by atoms with Gasteiger partial charge in [0, 0.05) is 21.1 Å². The smallest absolute Gasteiger partial charge is 0.223 e. The molecule has 2 aromatic rings. The number of anilines is 1. The van der Waals surface area contributed by atoms with Gasteiger partial charge < -0.3 is 5.32 Å². The highest BCUT2D eigenvalue weighted by Gasteiger charge is 2.06. The van der Waals surface area contributed by atoms with E-state index in [1.54, 1.807) is 0 Å². The first-order valence-corrected chi connectivity index (χ1v) is 7.57. The van der Waals surface area contributed by atoms with E-state index < -0.39 is 0 Å². The van der Waals surface area contributed by atoms with E-state index >= 15 is 0 Å². The zero-order valence-corrected chi connectivity index (χ0v) is 12.8. The maximum Gasteiger partial charge on any atom is 0.223 e. The molecule has 0 aliphatic carbocycles. The number of nitrogens with one attached hydrogen (secondary N) is 1. The Kier molecular flexibility index (Phi) is 4.53. The quantitative estimate of drug-likeness (QED) is 0.891. The van der Waals surface area contributed by atoms with E-state index in [0.29, 0.717) is 5.92 Å². The number of nitrogens with zero attached hydrogens (tertiary/aromatic N) is 2. The number of aromatic nitrogens is 2. The van der Waals surface area contributed by atoms with Gasteiger partial charge in [0.15, 0.2) is 0 Å².